The number of nitrogens with zero attached hydrogens (tertiary/aromatic N) is 4. The summed E-state index contributed by atoms with van der Waals surface area (Å²) in [5.41, 5.74) is 7.52. The molecule has 0 bridgehead atoms. The number of hydrogen-bond acceptors (Lipinski definition) is 6. The van der Waals surface area contributed by atoms with Crippen molar-refractivity contribution in [1.29, 1.82) is 0 Å². The first-order valence-corrected chi connectivity index (χ1v) is 14.7. The number of carbonyl (C=O) groups excluding carboxylic acids is 2. The van der Waals surface area contributed by atoms with Gasteiger partial charge in [-0.15, -0.1) is 5.10 Å². The van der Waals surface area contributed by atoms with Crippen LogP contribution in [-0.4, -0.2) is 32.6 Å². The maximum Gasteiger partial charge on any atom is 0.326 e. The van der Waals surface area contributed by atoms with Gasteiger partial charge in [-0.1, -0.05) is 47.6 Å². The Morgan fingerprint density at radius 2 is 1.76 bits per heavy atom. The van der Waals surface area contributed by atoms with Crippen molar-refractivity contribution in [3.05, 3.63) is 112 Å². The van der Waals surface area contributed by atoms with Crippen LogP contribution in [0.5, 0.6) is 0 Å². The minimum absolute atomic E-state index is 0.0995. The van der Waals surface area contributed by atoms with Crippen LogP contribution < -0.4 is 15.5 Å². The van der Waals surface area contributed by atoms with E-state index in [-0.39, 0.29) is 17.9 Å². The molecule has 0 atom stereocenters. The van der Waals surface area contributed by atoms with Gasteiger partial charge in [-0.25, -0.2) is 4.79 Å². The molecule has 0 aliphatic heterocycles. The Morgan fingerprint density at radius 1 is 0.905 bits per heavy atom. The highest BCUT2D eigenvalue weighted by atomic mass is 32.1. The van der Waals surface area contributed by atoms with Gasteiger partial charge in [0.2, 0.25) is 0 Å². The molecule has 0 saturated carbocycles. The van der Waals surface area contributed by atoms with Crippen molar-refractivity contribution >= 4 is 46.2 Å². The molecular weight excluding hydrogens is 546 g/mol. The molecular formula is C32H29N7O2S. The van der Waals surface area contributed by atoms with Crippen molar-refractivity contribution in [3.8, 4) is 11.1 Å². The van der Waals surface area contributed by atoms with Crippen molar-refractivity contribution in [3.63, 3.8) is 0 Å². The molecule has 2 aromatic heterocycles. The minimum atomic E-state index is -0.351. The molecule has 1 aliphatic rings. The maximum absolute atomic E-state index is 13.8. The third-order valence-electron chi connectivity index (χ3n) is 7.18. The summed E-state index contributed by atoms with van der Waals surface area (Å²) in [6.45, 7) is 0.310. The van der Waals surface area contributed by atoms with E-state index < -0.39 is 0 Å². The first-order valence-electron chi connectivity index (χ1n) is 13.8. The second-order valence-electron chi connectivity index (χ2n) is 10.0. The van der Waals surface area contributed by atoms with Crippen molar-refractivity contribution in [2.45, 2.75) is 32.2 Å². The van der Waals surface area contributed by atoms with E-state index >= 15 is 0 Å². The van der Waals surface area contributed by atoms with E-state index in [1.165, 1.54) is 24.0 Å². The lowest BCUT2D eigenvalue weighted by Gasteiger charge is -2.24. The number of hydrogen-bond donors (Lipinski definition) is 3. The fourth-order valence-corrected chi connectivity index (χ4v) is 5.63. The number of anilines is 3. The maximum atomic E-state index is 13.8. The van der Waals surface area contributed by atoms with Gasteiger partial charge in [0.25, 0.3) is 11.9 Å². The lowest BCUT2D eigenvalue weighted by atomic mass is 9.93. The van der Waals surface area contributed by atoms with Crippen molar-refractivity contribution in [1.82, 2.24) is 20.6 Å². The number of aromatic nitrogens is 4. The fourth-order valence-electron chi connectivity index (χ4n) is 4.96. The molecule has 0 radical (unpaired) electrons. The topological polar surface area (TPSA) is 116 Å². The van der Waals surface area contributed by atoms with E-state index in [1.54, 1.807) is 28.4 Å². The molecule has 210 valence electrons. The second-order valence-corrected chi connectivity index (χ2v) is 10.8. The number of allylic oxidation sites excluding steroid dienone is 2. The van der Waals surface area contributed by atoms with Crippen LogP contribution in [0.15, 0.2) is 95.7 Å². The van der Waals surface area contributed by atoms with Crippen LogP contribution in [0.1, 0.15) is 47.2 Å². The number of nitrogens with one attached hydrogen (secondary N) is 3. The first kappa shape index (κ1) is 27.1. The van der Waals surface area contributed by atoms with Gasteiger partial charge in [-0.05, 0) is 112 Å². The Bertz CT molecular complexity index is 1680. The van der Waals surface area contributed by atoms with Crippen LogP contribution in [0.25, 0.3) is 16.7 Å². The van der Waals surface area contributed by atoms with Gasteiger partial charge in [0.05, 0.1) is 6.54 Å². The van der Waals surface area contributed by atoms with Gasteiger partial charge in [0, 0.05) is 16.9 Å². The van der Waals surface area contributed by atoms with E-state index in [0.717, 1.165) is 35.2 Å². The normalized spacial score (nSPS) is 12.8. The van der Waals surface area contributed by atoms with Gasteiger partial charge in [-0.3, -0.25) is 15.0 Å². The lowest BCUT2D eigenvalue weighted by Crippen LogP contribution is -2.34. The zero-order valence-corrected chi connectivity index (χ0v) is 23.6. The van der Waals surface area contributed by atoms with Crippen molar-refractivity contribution < 1.29 is 9.59 Å². The molecule has 10 heteroatoms. The second kappa shape index (κ2) is 12.6. The molecule has 0 saturated heterocycles. The van der Waals surface area contributed by atoms with E-state index in [9.17, 15) is 9.59 Å². The number of thiophene rings is 1. The van der Waals surface area contributed by atoms with Crippen LogP contribution in [0, 0.1) is 0 Å². The van der Waals surface area contributed by atoms with Gasteiger partial charge in [0.1, 0.15) is 0 Å². The quantitative estimate of drug-likeness (QED) is 0.179. The summed E-state index contributed by atoms with van der Waals surface area (Å²) in [6.07, 6.45) is 6.95. The zero-order chi connectivity index (χ0) is 28.7. The van der Waals surface area contributed by atoms with Crippen LogP contribution in [0.2, 0.25) is 0 Å². The lowest BCUT2D eigenvalue weighted by molar-refractivity contribution is 0.102. The van der Waals surface area contributed by atoms with Crippen LogP contribution in [0.4, 0.5) is 22.1 Å². The van der Waals surface area contributed by atoms with Crippen LogP contribution in [-0.2, 0) is 6.54 Å². The first-order chi connectivity index (χ1) is 20.6. The molecule has 6 rings (SSSR count). The number of amides is 3. The highest BCUT2D eigenvalue weighted by Crippen LogP contribution is 2.30. The highest BCUT2D eigenvalue weighted by molar-refractivity contribution is 7.08. The summed E-state index contributed by atoms with van der Waals surface area (Å²) in [4.78, 5) is 28.0. The Hall–Kier alpha value is -5.09. The summed E-state index contributed by atoms with van der Waals surface area (Å²) >= 11 is 1.64. The number of carbonyl (C=O) groups is 2. The SMILES string of the molecule is O=C(Nc1nn[nH]n1)c1ccc(CN(C(=O)Nc2cccc(-c3ccsc3)c2)c2ccc(C3=CCCCC3)cc2)cc1. The van der Waals surface area contributed by atoms with Gasteiger partial charge >= 0.3 is 6.03 Å². The smallest absolute Gasteiger partial charge is 0.308 e. The number of H-pyrrole nitrogens is 1. The Balaban J connectivity index is 1.23. The van der Waals surface area contributed by atoms with E-state index in [1.807, 2.05) is 53.9 Å². The Labute approximate surface area is 247 Å². The third-order valence-corrected chi connectivity index (χ3v) is 7.86. The summed E-state index contributed by atoms with van der Waals surface area (Å²) in [7, 11) is 0. The summed E-state index contributed by atoms with van der Waals surface area (Å²) in [5.74, 6) is -0.252. The number of urea groups is 1. The predicted octanol–water partition coefficient (Wildman–Crippen LogP) is 7.38. The van der Waals surface area contributed by atoms with Crippen LogP contribution in [0.3, 0.4) is 0 Å². The number of tetrazole rings is 1. The average Bonchev–Trinajstić information content (AvgIpc) is 3.76. The molecule has 5 aromatic rings. The monoisotopic (exact) mass is 575 g/mol. The molecule has 3 N–H and O–H groups in total. The van der Waals surface area contributed by atoms with E-state index in [0.29, 0.717) is 17.8 Å². The Kier molecular flexibility index (Phi) is 8.14. The third kappa shape index (κ3) is 6.45. The van der Waals surface area contributed by atoms with Gasteiger partial charge in [-0.2, -0.15) is 16.6 Å². The number of aromatic amines is 1. The molecule has 3 amide bonds. The molecule has 9 nitrogen and oxygen atoms in total. The molecule has 0 fully saturated rings. The standard InChI is InChI=1S/C32H29N7O2S/c40-30(34-31-35-37-38-36-31)25-11-9-22(10-12-25)20-39(29-15-13-24(14-16-29)23-5-2-1-3-6-23)32(41)33-28-8-4-7-26(19-28)27-17-18-42-21-27/h4-5,7-19,21H,1-3,6,20H2,(H,33,41)(H2,34,35,36,37,38,40). The molecule has 0 spiro atoms. The van der Waals surface area contributed by atoms with Crippen molar-refractivity contribution in [2.75, 3.05) is 15.5 Å². The molecule has 2 heterocycles. The highest BCUT2D eigenvalue weighted by Gasteiger charge is 2.18. The van der Waals surface area contributed by atoms with Gasteiger partial charge in [0.15, 0.2) is 0 Å². The number of rotatable bonds is 8. The number of benzene rings is 3. The molecule has 0 unspecified atom stereocenters. The predicted molar refractivity (Wildman–Crippen MR) is 166 cm³/mol. The summed E-state index contributed by atoms with van der Waals surface area (Å²) in [6, 6.07) is 24.9. The van der Waals surface area contributed by atoms with E-state index in [2.05, 4.69) is 60.9 Å². The van der Waals surface area contributed by atoms with Crippen molar-refractivity contribution in [2.24, 2.45) is 0 Å². The molecule has 3 aromatic carbocycles. The average molecular weight is 576 g/mol. The zero-order valence-electron chi connectivity index (χ0n) is 22.8. The Morgan fingerprint density at radius 3 is 2.48 bits per heavy atom. The van der Waals surface area contributed by atoms with Gasteiger partial charge < -0.3 is 5.32 Å². The van der Waals surface area contributed by atoms with E-state index in [4.69, 9.17) is 0 Å². The minimum Gasteiger partial charge on any atom is -0.308 e. The van der Waals surface area contributed by atoms with Crippen LogP contribution >= 0.6 is 11.3 Å². The summed E-state index contributed by atoms with van der Waals surface area (Å²) in [5, 5.41) is 23.0. The molecule has 1 aliphatic carbocycles. The largest absolute Gasteiger partial charge is 0.326 e. The summed E-state index contributed by atoms with van der Waals surface area (Å²) < 4.78 is 0. The fraction of sp³-hybridized carbons (Fsp3) is 0.156. The molecule has 42 heavy (non-hydrogen) atoms.